The molecule has 0 spiro atoms. The van der Waals surface area contributed by atoms with Gasteiger partial charge in [0, 0.05) is 19.2 Å². The number of likely N-dealkylation sites (tertiary alicyclic amines) is 1. The molecule has 1 aromatic rings. The van der Waals surface area contributed by atoms with Crippen molar-refractivity contribution in [1.82, 2.24) is 4.90 Å². The van der Waals surface area contributed by atoms with Crippen LogP contribution in [0.5, 0.6) is 0 Å². The Morgan fingerprint density at radius 1 is 1.35 bits per heavy atom. The maximum absolute atomic E-state index is 12.1. The first-order valence-corrected chi connectivity index (χ1v) is 6.28. The van der Waals surface area contributed by atoms with Crippen LogP contribution in [0.2, 0.25) is 0 Å². The van der Waals surface area contributed by atoms with Gasteiger partial charge in [-0.2, -0.15) is 5.26 Å². The molecule has 0 aromatic heterocycles. The first-order chi connectivity index (χ1) is 9.63. The van der Waals surface area contributed by atoms with Crippen molar-refractivity contribution < 1.29 is 9.72 Å². The molecular formula is C14H13N3O3. The average molecular weight is 271 g/mol. The normalized spacial score (nSPS) is 14.9. The number of hydrogen-bond acceptors (Lipinski definition) is 4. The van der Waals surface area contributed by atoms with E-state index in [0.29, 0.717) is 13.1 Å². The lowest BCUT2D eigenvalue weighted by atomic mass is 10.1. The predicted molar refractivity (Wildman–Crippen MR) is 72.5 cm³/mol. The number of nitriles is 1. The van der Waals surface area contributed by atoms with Gasteiger partial charge in [0.05, 0.1) is 10.5 Å². The number of benzene rings is 1. The lowest BCUT2D eigenvalue weighted by Gasteiger charge is -2.13. The van der Waals surface area contributed by atoms with E-state index in [1.807, 2.05) is 6.07 Å². The molecule has 0 atom stereocenters. The summed E-state index contributed by atoms with van der Waals surface area (Å²) in [5.74, 6) is -0.358. The Kier molecular flexibility index (Phi) is 4.11. The van der Waals surface area contributed by atoms with Gasteiger partial charge in [0.25, 0.3) is 11.6 Å². The summed E-state index contributed by atoms with van der Waals surface area (Å²) >= 11 is 0. The van der Waals surface area contributed by atoms with Gasteiger partial charge < -0.3 is 4.90 Å². The molecule has 102 valence electrons. The highest BCUT2D eigenvalue weighted by Gasteiger charge is 2.22. The lowest BCUT2D eigenvalue weighted by molar-refractivity contribution is -0.385. The first-order valence-electron chi connectivity index (χ1n) is 6.28. The van der Waals surface area contributed by atoms with E-state index < -0.39 is 4.92 Å². The van der Waals surface area contributed by atoms with Gasteiger partial charge in [-0.1, -0.05) is 12.1 Å². The van der Waals surface area contributed by atoms with E-state index in [1.54, 1.807) is 17.0 Å². The minimum atomic E-state index is -0.527. The van der Waals surface area contributed by atoms with Gasteiger partial charge in [0.1, 0.15) is 11.6 Å². The summed E-state index contributed by atoms with van der Waals surface area (Å²) in [5, 5.41) is 20.0. The molecule has 1 aromatic carbocycles. The Balaban J connectivity index is 2.34. The molecule has 0 saturated carbocycles. The fraction of sp³-hybridized carbons (Fsp3) is 0.286. The minimum absolute atomic E-state index is 0.0683. The molecule has 0 N–H and O–H groups in total. The molecule has 1 fully saturated rings. The van der Waals surface area contributed by atoms with E-state index in [4.69, 9.17) is 5.26 Å². The Morgan fingerprint density at radius 2 is 2.00 bits per heavy atom. The molecular weight excluding hydrogens is 258 g/mol. The molecule has 1 saturated heterocycles. The third kappa shape index (κ3) is 2.83. The zero-order valence-electron chi connectivity index (χ0n) is 10.8. The smallest absolute Gasteiger partial charge is 0.276 e. The molecule has 0 unspecified atom stereocenters. The van der Waals surface area contributed by atoms with Crippen molar-refractivity contribution in [3.63, 3.8) is 0 Å². The highest BCUT2D eigenvalue weighted by molar-refractivity contribution is 6.02. The Labute approximate surface area is 116 Å². The molecule has 1 amide bonds. The number of nitrogens with zero attached hydrogens (tertiary/aromatic N) is 3. The zero-order valence-corrected chi connectivity index (χ0v) is 10.8. The van der Waals surface area contributed by atoms with E-state index in [1.165, 1.54) is 18.2 Å². The van der Waals surface area contributed by atoms with E-state index >= 15 is 0 Å². The third-order valence-electron chi connectivity index (χ3n) is 3.18. The van der Waals surface area contributed by atoms with Gasteiger partial charge in [-0.15, -0.1) is 0 Å². The topological polar surface area (TPSA) is 87.2 Å². The zero-order chi connectivity index (χ0) is 14.5. The second-order valence-corrected chi connectivity index (χ2v) is 4.49. The van der Waals surface area contributed by atoms with Crippen molar-refractivity contribution in [2.24, 2.45) is 0 Å². The van der Waals surface area contributed by atoms with E-state index in [9.17, 15) is 14.9 Å². The van der Waals surface area contributed by atoms with Gasteiger partial charge in [-0.05, 0) is 25.0 Å². The highest BCUT2D eigenvalue weighted by Crippen LogP contribution is 2.21. The van der Waals surface area contributed by atoms with Gasteiger partial charge in [0.15, 0.2) is 0 Å². The fourth-order valence-electron chi connectivity index (χ4n) is 2.16. The Morgan fingerprint density at radius 3 is 2.60 bits per heavy atom. The average Bonchev–Trinajstić information content (AvgIpc) is 2.98. The molecule has 0 bridgehead atoms. The number of hydrogen-bond donors (Lipinski definition) is 0. The quantitative estimate of drug-likeness (QED) is 0.364. The van der Waals surface area contributed by atoms with Crippen LogP contribution in [0.15, 0.2) is 29.8 Å². The van der Waals surface area contributed by atoms with Crippen LogP contribution >= 0.6 is 0 Å². The van der Waals surface area contributed by atoms with E-state index in [0.717, 1.165) is 12.8 Å². The summed E-state index contributed by atoms with van der Waals surface area (Å²) in [7, 11) is 0. The van der Waals surface area contributed by atoms with Gasteiger partial charge in [-0.25, -0.2) is 0 Å². The summed E-state index contributed by atoms with van der Waals surface area (Å²) in [6.45, 7) is 1.27. The minimum Gasteiger partial charge on any atom is -0.338 e. The molecule has 6 heteroatoms. The van der Waals surface area contributed by atoms with Crippen LogP contribution in [-0.4, -0.2) is 28.8 Å². The van der Waals surface area contributed by atoms with Crippen molar-refractivity contribution in [2.75, 3.05) is 13.1 Å². The molecule has 2 rings (SSSR count). The number of nitro benzene ring substituents is 1. The Hall–Kier alpha value is -2.68. The van der Waals surface area contributed by atoms with Crippen molar-refractivity contribution in [1.29, 1.82) is 5.26 Å². The first kappa shape index (κ1) is 13.7. The van der Waals surface area contributed by atoms with Crippen molar-refractivity contribution in [3.8, 4) is 6.07 Å². The van der Waals surface area contributed by atoms with Crippen LogP contribution in [0.4, 0.5) is 5.69 Å². The summed E-state index contributed by atoms with van der Waals surface area (Å²) in [5.41, 5.74) is 0.0808. The van der Waals surface area contributed by atoms with E-state index in [-0.39, 0.29) is 22.7 Å². The van der Waals surface area contributed by atoms with Crippen molar-refractivity contribution in [2.45, 2.75) is 12.8 Å². The monoisotopic (exact) mass is 271 g/mol. The summed E-state index contributed by atoms with van der Waals surface area (Å²) in [4.78, 5) is 24.1. The SMILES string of the molecule is N#C/C(=C\c1ccccc1[N+](=O)[O-])C(=O)N1CCCC1. The molecule has 1 aliphatic heterocycles. The van der Waals surface area contributed by atoms with E-state index in [2.05, 4.69) is 0 Å². The van der Waals surface area contributed by atoms with Gasteiger partial charge in [-0.3, -0.25) is 14.9 Å². The fourth-order valence-corrected chi connectivity index (χ4v) is 2.16. The number of para-hydroxylation sites is 1. The largest absolute Gasteiger partial charge is 0.338 e. The van der Waals surface area contributed by atoms with Crippen molar-refractivity contribution in [3.05, 3.63) is 45.5 Å². The van der Waals surface area contributed by atoms with Crippen LogP contribution in [0.25, 0.3) is 6.08 Å². The van der Waals surface area contributed by atoms with Crippen molar-refractivity contribution >= 4 is 17.7 Å². The number of nitro groups is 1. The number of rotatable bonds is 3. The molecule has 0 radical (unpaired) electrons. The Bertz CT molecular complexity index is 610. The van der Waals surface area contributed by atoms with Gasteiger partial charge in [0.2, 0.25) is 0 Å². The van der Waals surface area contributed by atoms with Crippen LogP contribution in [0.3, 0.4) is 0 Å². The molecule has 0 aliphatic carbocycles. The number of carbonyl (C=O) groups excluding carboxylic acids is 1. The number of carbonyl (C=O) groups is 1. The molecule has 20 heavy (non-hydrogen) atoms. The van der Waals surface area contributed by atoms with Crippen LogP contribution < -0.4 is 0 Å². The van der Waals surface area contributed by atoms with Crippen LogP contribution in [0.1, 0.15) is 18.4 Å². The highest BCUT2D eigenvalue weighted by atomic mass is 16.6. The van der Waals surface area contributed by atoms with Gasteiger partial charge >= 0.3 is 0 Å². The lowest BCUT2D eigenvalue weighted by Crippen LogP contribution is -2.28. The molecule has 1 aliphatic rings. The second kappa shape index (κ2) is 5.97. The number of amides is 1. The summed E-state index contributed by atoms with van der Waals surface area (Å²) in [6, 6.07) is 7.89. The maximum Gasteiger partial charge on any atom is 0.276 e. The van der Waals surface area contributed by atoms with Crippen LogP contribution in [0, 0.1) is 21.4 Å². The standard InChI is InChI=1S/C14H13N3O3/c15-10-12(14(18)16-7-3-4-8-16)9-11-5-1-2-6-13(11)17(19)20/h1-2,5-6,9H,3-4,7-8H2/b12-9+. The maximum atomic E-state index is 12.1. The summed E-state index contributed by atoms with van der Waals surface area (Å²) in [6.07, 6.45) is 3.14. The summed E-state index contributed by atoms with van der Waals surface area (Å²) < 4.78 is 0. The molecule has 6 nitrogen and oxygen atoms in total. The molecule has 1 heterocycles. The second-order valence-electron chi connectivity index (χ2n) is 4.49. The van der Waals surface area contributed by atoms with Crippen LogP contribution in [-0.2, 0) is 4.79 Å². The predicted octanol–water partition coefficient (Wildman–Crippen LogP) is 2.12. The third-order valence-corrected chi connectivity index (χ3v) is 3.18.